The number of aliphatic hydroxyl groups is 1. The van der Waals surface area contributed by atoms with Crippen LogP contribution in [-0.4, -0.2) is 44.1 Å². The molecule has 18 heavy (non-hydrogen) atoms. The maximum Gasteiger partial charge on any atom is 0.183 e. The van der Waals surface area contributed by atoms with E-state index < -0.39 is 6.29 Å². The van der Waals surface area contributed by atoms with Gasteiger partial charge < -0.3 is 29.1 Å². The molecule has 1 aliphatic heterocycles. The average molecular weight is 324 g/mol. The van der Waals surface area contributed by atoms with Crippen molar-refractivity contribution >= 4 is 11.2 Å². The number of rotatable bonds is 2. The molecule has 0 amide bonds. The van der Waals surface area contributed by atoms with E-state index in [9.17, 15) is 0 Å². The Bertz CT molecular complexity index is 547. The summed E-state index contributed by atoms with van der Waals surface area (Å²) in [4.78, 5) is 12.3. The van der Waals surface area contributed by atoms with Crippen LogP contribution in [0.5, 0.6) is 0 Å². The molecule has 93 valence electrons. The summed E-state index contributed by atoms with van der Waals surface area (Å²) >= 11 is 0. The van der Waals surface area contributed by atoms with Gasteiger partial charge in [0.15, 0.2) is 12.5 Å². The van der Waals surface area contributed by atoms with E-state index in [0.717, 1.165) is 11.2 Å². The van der Waals surface area contributed by atoms with Crippen molar-refractivity contribution in [1.82, 2.24) is 19.5 Å². The van der Waals surface area contributed by atoms with Crippen LogP contribution >= 0.6 is 0 Å². The molecular weight excluding hydrogens is 313 g/mol. The minimum absolute atomic E-state index is 0. The van der Waals surface area contributed by atoms with Crippen LogP contribution in [0.4, 0.5) is 0 Å². The quantitative estimate of drug-likeness (QED) is 0.770. The van der Waals surface area contributed by atoms with Crippen LogP contribution in [-0.2, 0) is 42.2 Å². The third-order valence-electron chi connectivity index (χ3n) is 2.68. The fourth-order valence-corrected chi connectivity index (χ4v) is 1.82. The van der Waals surface area contributed by atoms with Gasteiger partial charge in [-0.15, -0.1) is 0 Å². The molecule has 1 N–H and O–H groups in total. The second-order valence-corrected chi connectivity index (χ2v) is 3.77. The third-order valence-corrected chi connectivity index (χ3v) is 2.68. The van der Waals surface area contributed by atoms with Crippen molar-refractivity contribution in [3.63, 3.8) is 0 Å². The Hall–Kier alpha value is -0.466. The molecule has 0 saturated carbocycles. The molecule has 7 nitrogen and oxygen atoms in total. The Kier molecular flexibility index (Phi) is 4.39. The zero-order chi connectivity index (χ0) is 11.8. The molecule has 1 saturated heterocycles. The van der Waals surface area contributed by atoms with Crippen LogP contribution in [0.1, 0.15) is 11.9 Å². The number of aryl methyl sites for hydroxylation is 1. The molecule has 3 heterocycles. The number of hydrogen-bond donors (Lipinski definition) is 1. The first kappa shape index (κ1) is 14.0. The Balaban J connectivity index is 0.00000120. The summed E-state index contributed by atoms with van der Waals surface area (Å²) in [6, 6.07) is 0. The van der Waals surface area contributed by atoms with Gasteiger partial charge in [0, 0.05) is 44.6 Å². The van der Waals surface area contributed by atoms with Crippen molar-refractivity contribution in [2.45, 2.75) is 19.4 Å². The molecule has 1 aliphatic rings. The van der Waals surface area contributed by atoms with E-state index in [1.165, 1.54) is 0 Å². The molecule has 0 aromatic carbocycles. The van der Waals surface area contributed by atoms with Crippen molar-refractivity contribution in [3.8, 4) is 0 Å². The molecule has 2 atom stereocenters. The molecule has 8 heteroatoms. The second kappa shape index (κ2) is 5.67. The van der Waals surface area contributed by atoms with E-state index in [1.807, 2.05) is 6.92 Å². The molecule has 0 aliphatic carbocycles. The molecule has 0 bridgehead atoms. The van der Waals surface area contributed by atoms with Crippen molar-refractivity contribution < 1.29 is 47.3 Å². The SMILES string of the molecule is Cc1n[c-]nc2c1ncn2C1COC(CO)O1.[Y]. The van der Waals surface area contributed by atoms with Crippen LogP contribution in [0, 0.1) is 13.3 Å². The minimum Gasteiger partial charge on any atom is -0.391 e. The molecule has 3 rings (SSSR count). The minimum atomic E-state index is -0.579. The first-order valence-corrected chi connectivity index (χ1v) is 5.24. The summed E-state index contributed by atoms with van der Waals surface area (Å²) in [5.41, 5.74) is 2.15. The van der Waals surface area contributed by atoms with Crippen molar-refractivity contribution in [2.75, 3.05) is 13.2 Å². The predicted molar refractivity (Wildman–Crippen MR) is 55.8 cm³/mol. The Labute approximate surface area is 128 Å². The van der Waals surface area contributed by atoms with E-state index in [4.69, 9.17) is 14.6 Å². The van der Waals surface area contributed by atoms with E-state index >= 15 is 0 Å². The van der Waals surface area contributed by atoms with E-state index in [1.54, 1.807) is 10.9 Å². The van der Waals surface area contributed by atoms with Crippen molar-refractivity contribution in [3.05, 3.63) is 18.3 Å². The van der Waals surface area contributed by atoms with Gasteiger partial charge >= 0.3 is 0 Å². The standard InChI is InChI=1S/C10H11N4O3.Y/c1-6-9-10(12-4-11-6)14(5-13-9)7-3-16-8(2-15)17-7;/h5,7-8,15H,2-3H2,1H3;/q-1;. The van der Waals surface area contributed by atoms with Crippen LogP contribution in [0.25, 0.3) is 11.2 Å². The largest absolute Gasteiger partial charge is 0.391 e. The van der Waals surface area contributed by atoms with Crippen molar-refractivity contribution in [2.24, 2.45) is 0 Å². The van der Waals surface area contributed by atoms with E-state index in [2.05, 4.69) is 21.3 Å². The van der Waals surface area contributed by atoms with Gasteiger partial charge in [0.1, 0.15) is 0 Å². The summed E-state index contributed by atoms with van der Waals surface area (Å²) in [5, 5.41) is 8.93. The number of aromatic nitrogens is 4. The predicted octanol–water partition coefficient (Wildman–Crippen LogP) is -0.204. The summed E-state index contributed by atoms with van der Waals surface area (Å²) in [6.45, 7) is 2.05. The van der Waals surface area contributed by atoms with Crippen LogP contribution < -0.4 is 0 Å². The smallest absolute Gasteiger partial charge is 0.183 e. The molecule has 1 radical (unpaired) electrons. The molecule has 2 unspecified atom stereocenters. The number of nitrogens with zero attached hydrogens (tertiary/aromatic N) is 4. The number of aliphatic hydroxyl groups excluding tert-OH is 1. The summed E-state index contributed by atoms with van der Waals surface area (Å²) in [6.07, 6.45) is 3.31. The summed E-state index contributed by atoms with van der Waals surface area (Å²) in [7, 11) is 0. The molecule has 0 spiro atoms. The topological polar surface area (TPSA) is 82.3 Å². The van der Waals surface area contributed by atoms with Crippen molar-refractivity contribution in [1.29, 1.82) is 0 Å². The monoisotopic (exact) mass is 324 g/mol. The zero-order valence-electron chi connectivity index (χ0n) is 9.78. The van der Waals surface area contributed by atoms with Gasteiger partial charge in [-0.25, -0.2) is 0 Å². The third kappa shape index (κ3) is 2.33. The maximum absolute atomic E-state index is 8.93. The number of ether oxygens (including phenoxy) is 2. The number of hydrogen-bond acceptors (Lipinski definition) is 6. The molecular formula is C10H11N4O3Y-. The summed E-state index contributed by atoms with van der Waals surface area (Å²) < 4.78 is 12.5. The van der Waals surface area contributed by atoms with Gasteiger partial charge in [0.2, 0.25) is 0 Å². The number of fused-ring (bicyclic) bond motifs is 1. The van der Waals surface area contributed by atoms with E-state index in [0.29, 0.717) is 12.3 Å². The fraction of sp³-hybridized carbons (Fsp3) is 0.500. The van der Waals surface area contributed by atoms with Crippen LogP contribution in [0.2, 0.25) is 0 Å². The maximum atomic E-state index is 8.93. The van der Waals surface area contributed by atoms with Gasteiger partial charge in [-0.1, -0.05) is 6.92 Å². The molecule has 1 fully saturated rings. The van der Waals surface area contributed by atoms with Crippen LogP contribution in [0.15, 0.2) is 6.33 Å². The molecule has 2 aromatic heterocycles. The van der Waals surface area contributed by atoms with Gasteiger partial charge in [-0.2, -0.15) is 0 Å². The zero-order valence-corrected chi connectivity index (χ0v) is 12.6. The average Bonchev–Trinajstić information content (AvgIpc) is 2.94. The van der Waals surface area contributed by atoms with E-state index in [-0.39, 0.29) is 45.5 Å². The van der Waals surface area contributed by atoms with Gasteiger partial charge in [0.05, 0.1) is 25.2 Å². The number of imidazole rings is 1. The fourth-order valence-electron chi connectivity index (χ4n) is 1.82. The first-order chi connectivity index (χ1) is 8.29. The van der Waals surface area contributed by atoms with Gasteiger partial charge in [-0.05, 0) is 5.69 Å². The Morgan fingerprint density at radius 1 is 1.56 bits per heavy atom. The normalized spacial score (nSPS) is 23.2. The Morgan fingerprint density at radius 2 is 2.39 bits per heavy atom. The van der Waals surface area contributed by atoms with Gasteiger partial charge in [0.25, 0.3) is 0 Å². The molecule has 2 aromatic rings. The second-order valence-electron chi connectivity index (χ2n) is 3.77. The van der Waals surface area contributed by atoms with Gasteiger partial charge in [-0.3, -0.25) is 4.98 Å². The van der Waals surface area contributed by atoms with Crippen LogP contribution in [0.3, 0.4) is 0 Å². The Morgan fingerprint density at radius 3 is 3.11 bits per heavy atom. The first-order valence-electron chi connectivity index (χ1n) is 5.24. The summed E-state index contributed by atoms with van der Waals surface area (Å²) in [5.74, 6) is 0.